The molecule has 1 saturated heterocycles. The van der Waals surface area contributed by atoms with E-state index in [4.69, 9.17) is 0 Å². The summed E-state index contributed by atoms with van der Waals surface area (Å²) >= 11 is 0. The molecule has 2 heterocycles. The highest BCUT2D eigenvalue weighted by molar-refractivity contribution is 5.79. The molecule has 3 aromatic rings. The number of carbonyl (C=O) groups excluding carboxylic acids is 1. The summed E-state index contributed by atoms with van der Waals surface area (Å²) in [4.78, 5) is 27.2. The highest BCUT2D eigenvalue weighted by Gasteiger charge is 2.26. The highest BCUT2D eigenvalue weighted by Crippen LogP contribution is 2.22. The van der Waals surface area contributed by atoms with Crippen molar-refractivity contribution in [1.82, 2.24) is 15.1 Å². The number of hydrogen-bond acceptors (Lipinski definition) is 4. The maximum Gasteiger partial charge on any atom is 0.269 e. The molecule has 0 unspecified atom stereocenters. The summed E-state index contributed by atoms with van der Waals surface area (Å²) in [6.45, 7) is 2.02. The van der Waals surface area contributed by atoms with Crippen molar-refractivity contribution in [3.05, 3.63) is 94.2 Å². The average molecular weight is 420 g/mol. The predicted octanol–water partition coefficient (Wildman–Crippen LogP) is 2.96. The molecule has 0 spiro atoms. The van der Waals surface area contributed by atoms with Crippen LogP contribution in [0.1, 0.15) is 24.0 Å². The minimum Gasteiger partial charge on any atom is -0.369 e. The van der Waals surface area contributed by atoms with E-state index in [0.717, 1.165) is 36.2 Å². The van der Waals surface area contributed by atoms with E-state index >= 15 is 0 Å². The van der Waals surface area contributed by atoms with Crippen LogP contribution in [0.2, 0.25) is 0 Å². The van der Waals surface area contributed by atoms with Crippen LogP contribution in [0.3, 0.4) is 0 Å². The number of carbonyl (C=O) groups is 1. The number of amides is 1. The van der Waals surface area contributed by atoms with Gasteiger partial charge in [-0.15, -0.1) is 0 Å². The van der Waals surface area contributed by atoms with E-state index in [9.17, 15) is 14.0 Å². The summed E-state index contributed by atoms with van der Waals surface area (Å²) in [5, 5.41) is 7.23. The Hall–Kier alpha value is -3.48. The van der Waals surface area contributed by atoms with E-state index in [2.05, 4.69) is 10.4 Å². The van der Waals surface area contributed by atoms with Gasteiger partial charge in [-0.1, -0.05) is 42.5 Å². The third-order valence-corrected chi connectivity index (χ3v) is 5.54. The van der Waals surface area contributed by atoms with E-state index in [1.54, 1.807) is 24.4 Å². The zero-order valence-electron chi connectivity index (χ0n) is 17.2. The Kier molecular flexibility index (Phi) is 6.40. The number of benzene rings is 2. The molecule has 1 N–H and O–H groups in total. The SMILES string of the molecule is O=C(NCc1cccc(F)c1)[C@@H]1CCCN(c2cnn(Cc3ccccc3)c(=O)c2)C1. The smallest absolute Gasteiger partial charge is 0.269 e. The third kappa shape index (κ3) is 5.36. The summed E-state index contributed by atoms with van der Waals surface area (Å²) in [5.41, 5.74) is 2.31. The molecule has 31 heavy (non-hydrogen) atoms. The van der Waals surface area contributed by atoms with Gasteiger partial charge in [0.15, 0.2) is 0 Å². The topological polar surface area (TPSA) is 67.2 Å². The van der Waals surface area contributed by atoms with Crippen LogP contribution in [0.5, 0.6) is 0 Å². The molecule has 1 amide bonds. The maximum absolute atomic E-state index is 13.3. The molecule has 1 atom stereocenters. The summed E-state index contributed by atoms with van der Waals surface area (Å²) < 4.78 is 14.8. The van der Waals surface area contributed by atoms with Crippen molar-refractivity contribution in [2.75, 3.05) is 18.0 Å². The fourth-order valence-electron chi connectivity index (χ4n) is 3.88. The van der Waals surface area contributed by atoms with Crippen LogP contribution in [0.4, 0.5) is 10.1 Å². The van der Waals surface area contributed by atoms with Crippen LogP contribution in [0.15, 0.2) is 71.7 Å². The molecule has 160 valence electrons. The largest absolute Gasteiger partial charge is 0.369 e. The van der Waals surface area contributed by atoms with Crippen LogP contribution in [0, 0.1) is 11.7 Å². The van der Waals surface area contributed by atoms with Gasteiger partial charge in [0.2, 0.25) is 5.91 Å². The van der Waals surface area contributed by atoms with E-state index in [1.165, 1.54) is 16.8 Å². The predicted molar refractivity (Wildman–Crippen MR) is 117 cm³/mol. The van der Waals surface area contributed by atoms with Gasteiger partial charge in [-0.2, -0.15) is 5.10 Å². The number of anilines is 1. The van der Waals surface area contributed by atoms with Crippen molar-refractivity contribution in [3.8, 4) is 0 Å². The lowest BCUT2D eigenvalue weighted by atomic mass is 9.96. The first-order valence-corrected chi connectivity index (χ1v) is 10.5. The first-order valence-electron chi connectivity index (χ1n) is 10.5. The van der Waals surface area contributed by atoms with Gasteiger partial charge in [-0.3, -0.25) is 9.59 Å². The quantitative estimate of drug-likeness (QED) is 0.666. The van der Waals surface area contributed by atoms with Gasteiger partial charge < -0.3 is 10.2 Å². The van der Waals surface area contributed by atoms with Crippen LogP contribution >= 0.6 is 0 Å². The summed E-state index contributed by atoms with van der Waals surface area (Å²) in [7, 11) is 0. The van der Waals surface area contributed by atoms with Gasteiger partial charge in [0.1, 0.15) is 5.82 Å². The van der Waals surface area contributed by atoms with Crippen molar-refractivity contribution in [3.63, 3.8) is 0 Å². The Balaban J connectivity index is 1.38. The normalized spacial score (nSPS) is 16.2. The van der Waals surface area contributed by atoms with Crippen molar-refractivity contribution >= 4 is 11.6 Å². The Morgan fingerprint density at radius 3 is 2.68 bits per heavy atom. The van der Waals surface area contributed by atoms with Crippen molar-refractivity contribution < 1.29 is 9.18 Å². The third-order valence-electron chi connectivity index (χ3n) is 5.54. The standard InChI is InChI=1S/C24H25FN4O2/c25-21-10-4-8-19(12-21)14-26-24(31)20-9-5-11-28(17-20)22-13-23(30)29(27-15-22)16-18-6-2-1-3-7-18/h1-4,6-8,10,12-13,15,20H,5,9,11,14,16-17H2,(H,26,31)/t20-/m1/s1. The zero-order valence-corrected chi connectivity index (χ0v) is 17.2. The number of rotatable bonds is 6. The molecular formula is C24H25FN4O2. The highest BCUT2D eigenvalue weighted by atomic mass is 19.1. The number of nitrogens with zero attached hydrogens (tertiary/aromatic N) is 3. The van der Waals surface area contributed by atoms with Crippen molar-refractivity contribution in [2.24, 2.45) is 5.92 Å². The first kappa shape index (κ1) is 20.8. The lowest BCUT2D eigenvalue weighted by Gasteiger charge is -2.33. The van der Waals surface area contributed by atoms with Gasteiger partial charge in [-0.25, -0.2) is 9.07 Å². The van der Waals surface area contributed by atoms with E-state index in [-0.39, 0.29) is 23.2 Å². The lowest BCUT2D eigenvalue weighted by Crippen LogP contribution is -2.43. The van der Waals surface area contributed by atoms with Gasteiger partial charge in [0, 0.05) is 25.7 Å². The van der Waals surface area contributed by atoms with E-state index in [1.807, 2.05) is 35.2 Å². The van der Waals surface area contributed by atoms with Crippen LogP contribution in [0.25, 0.3) is 0 Å². The molecule has 6 nitrogen and oxygen atoms in total. The Bertz CT molecular complexity index is 1100. The lowest BCUT2D eigenvalue weighted by molar-refractivity contribution is -0.125. The van der Waals surface area contributed by atoms with Gasteiger partial charge in [0.05, 0.1) is 24.3 Å². The number of aromatic nitrogens is 2. The second-order valence-electron chi connectivity index (χ2n) is 7.83. The minimum atomic E-state index is -0.315. The molecule has 1 aromatic heterocycles. The number of nitrogens with one attached hydrogen (secondary N) is 1. The molecular weight excluding hydrogens is 395 g/mol. The van der Waals surface area contributed by atoms with E-state index < -0.39 is 0 Å². The second kappa shape index (κ2) is 9.55. The molecule has 2 aromatic carbocycles. The van der Waals surface area contributed by atoms with Crippen LogP contribution in [-0.4, -0.2) is 28.8 Å². The maximum atomic E-state index is 13.3. The van der Waals surface area contributed by atoms with Gasteiger partial charge in [-0.05, 0) is 36.1 Å². The molecule has 0 aliphatic carbocycles. The number of halogens is 1. The Morgan fingerprint density at radius 2 is 1.90 bits per heavy atom. The molecule has 1 fully saturated rings. The van der Waals surface area contributed by atoms with Gasteiger partial charge in [0.25, 0.3) is 5.56 Å². The fraction of sp³-hybridized carbons (Fsp3) is 0.292. The van der Waals surface area contributed by atoms with E-state index in [0.29, 0.717) is 19.6 Å². The molecule has 4 rings (SSSR count). The van der Waals surface area contributed by atoms with Gasteiger partial charge >= 0.3 is 0 Å². The zero-order chi connectivity index (χ0) is 21.6. The molecule has 7 heteroatoms. The summed E-state index contributed by atoms with van der Waals surface area (Å²) in [6.07, 6.45) is 3.33. The Morgan fingerprint density at radius 1 is 1.10 bits per heavy atom. The average Bonchev–Trinajstić information content (AvgIpc) is 2.80. The number of hydrogen-bond donors (Lipinski definition) is 1. The Labute approximate surface area is 180 Å². The molecule has 0 saturated carbocycles. The molecule has 0 bridgehead atoms. The number of piperidine rings is 1. The van der Waals surface area contributed by atoms with Crippen molar-refractivity contribution in [2.45, 2.75) is 25.9 Å². The van der Waals surface area contributed by atoms with Crippen molar-refractivity contribution in [1.29, 1.82) is 0 Å². The second-order valence-corrected chi connectivity index (χ2v) is 7.83. The van der Waals surface area contributed by atoms with Crippen LogP contribution < -0.4 is 15.8 Å². The monoisotopic (exact) mass is 420 g/mol. The summed E-state index contributed by atoms with van der Waals surface area (Å²) in [5.74, 6) is -0.557. The first-order chi connectivity index (χ1) is 15.1. The molecule has 1 aliphatic rings. The minimum absolute atomic E-state index is 0.0562. The summed E-state index contributed by atoms with van der Waals surface area (Å²) in [6, 6.07) is 17.5. The molecule has 0 radical (unpaired) electrons. The molecule has 1 aliphatic heterocycles. The fourth-order valence-corrected chi connectivity index (χ4v) is 3.88. The van der Waals surface area contributed by atoms with Crippen LogP contribution in [-0.2, 0) is 17.9 Å².